The van der Waals surface area contributed by atoms with Gasteiger partial charge in [0, 0.05) is 23.2 Å². The lowest BCUT2D eigenvalue weighted by atomic mass is 9.75. The fraction of sp³-hybridized carbons (Fsp3) is 0.692. The highest BCUT2D eigenvalue weighted by atomic mass is 35.5. The highest BCUT2D eigenvalue weighted by Crippen LogP contribution is 2.36. The van der Waals surface area contributed by atoms with E-state index >= 15 is 0 Å². The van der Waals surface area contributed by atoms with E-state index in [0.29, 0.717) is 18.1 Å². The summed E-state index contributed by atoms with van der Waals surface area (Å²) in [6, 6.07) is 0. The Labute approximate surface area is 117 Å². The lowest BCUT2D eigenvalue weighted by Crippen LogP contribution is -2.40. The molecule has 1 aliphatic carbocycles. The SMILES string of the molecule is Cc1nc(C(=O)NCC2(CCl)CCCCC2)cs1. The summed E-state index contributed by atoms with van der Waals surface area (Å²) in [6.07, 6.45) is 5.97. The summed E-state index contributed by atoms with van der Waals surface area (Å²) in [5.74, 6) is 0.554. The molecule has 0 aromatic carbocycles. The van der Waals surface area contributed by atoms with Gasteiger partial charge < -0.3 is 5.32 Å². The number of amides is 1. The zero-order valence-electron chi connectivity index (χ0n) is 10.7. The van der Waals surface area contributed by atoms with Crippen molar-refractivity contribution in [2.75, 3.05) is 12.4 Å². The number of alkyl halides is 1. The van der Waals surface area contributed by atoms with E-state index in [9.17, 15) is 4.79 Å². The summed E-state index contributed by atoms with van der Waals surface area (Å²) in [5.41, 5.74) is 0.624. The maximum Gasteiger partial charge on any atom is 0.270 e. The molecule has 0 saturated heterocycles. The van der Waals surface area contributed by atoms with Crippen molar-refractivity contribution in [3.8, 4) is 0 Å². The molecule has 0 radical (unpaired) electrons. The van der Waals surface area contributed by atoms with Gasteiger partial charge in [0.2, 0.25) is 0 Å². The van der Waals surface area contributed by atoms with Gasteiger partial charge in [-0.3, -0.25) is 4.79 Å². The summed E-state index contributed by atoms with van der Waals surface area (Å²) in [4.78, 5) is 16.1. The van der Waals surface area contributed by atoms with Gasteiger partial charge in [-0.1, -0.05) is 19.3 Å². The predicted molar refractivity (Wildman–Crippen MR) is 75.4 cm³/mol. The van der Waals surface area contributed by atoms with Gasteiger partial charge in [0.05, 0.1) is 5.01 Å². The number of hydrogen-bond donors (Lipinski definition) is 1. The molecule has 0 unspecified atom stereocenters. The van der Waals surface area contributed by atoms with Crippen LogP contribution in [-0.4, -0.2) is 23.3 Å². The second-order valence-electron chi connectivity index (χ2n) is 5.13. The van der Waals surface area contributed by atoms with E-state index in [-0.39, 0.29) is 11.3 Å². The van der Waals surface area contributed by atoms with Gasteiger partial charge in [0.15, 0.2) is 0 Å². The Hall–Kier alpha value is -0.610. The second-order valence-corrected chi connectivity index (χ2v) is 6.46. The highest BCUT2D eigenvalue weighted by molar-refractivity contribution is 7.09. The first kappa shape index (κ1) is 13.8. The quantitative estimate of drug-likeness (QED) is 0.862. The van der Waals surface area contributed by atoms with Crippen LogP contribution in [-0.2, 0) is 0 Å². The number of nitrogens with zero attached hydrogens (tertiary/aromatic N) is 1. The predicted octanol–water partition coefficient (Wildman–Crippen LogP) is 3.37. The molecule has 100 valence electrons. The Morgan fingerprint density at radius 2 is 2.22 bits per heavy atom. The lowest BCUT2D eigenvalue weighted by Gasteiger charge is -2.35. The van der Waals surface area contributed by atoms with Gasteiger partial charge in [-0.15, -0.1) is 22.9 Å². The molecule has 1 amide bonds. The van der Waals surface area contributed by atoms with Crippen LogP contribution in [0.4, 0.5) is 0 Å². The van der Waals surface area contributed by atoms with Crippen LogP contribution in [0.3, 0.4) is 0 Å². The Balaban J connectivity index is 1.91. The third-order valence-electron chi connectivity index (χ3n) is 3.67. The number of halogens is 1. The third-order valence-corrected chi connectivity index (χ3v) is 5.01. The summed E-state index contributed by atoms with van der Waals surface area (Å²) in [7, 11) is 0. The number of nitrogens with one attached hydrogen (secondary N) is 1. The van der Waals surface area contributed by atoms with Crippen molar-refractivity contribution in [2.24, 2.45) is 5.41 Å². The monoisotopic (exact) mass is 286 g/mol. The number of aryl methyl sites for hydroxylation is 1. The molecule has 5 heteroatoms. The van der Waals surface area contributed by atoms with Crippen molar-refractivity contribution < 1.29 is 4.79 Å². The van der Waals surface area contributed by atoms with Gasteiger partial charge in [-0.05, 0) is 19.8 Å². The van der Waals surface area contributed by atoms with E-state index in [4.69, 9.17) is 11.6 Å². The first-order valence-corrected chi connectivity index (χ1v) is 7.83. The first-order valence-electron chi connectivity index (χ1n) is 6.41. The summed E-state index contributed by atoms with van der Waals surface area (Å²) >= 11 is 7.61. The van der Waals surface area contributed by atoms with E-state index in [0.717, 1.165) is 17.8 Å². The number of carbonyl (C=O) groups excluding carboxylic acids is 1. The van der Waals surface area contributed by atoms with Gasteiger partial charge >= 0.3 is 0 Å². The van der Waals surface area contributed by atoms with E-state index in [1.807, 2.05) is 6.92 Å². The minimum Gasteiger partial charge on any atom is -0.350 e. The molecule has 0 spiro atoms. The molecule has 0 aliphatic heterocycles. The standard InChI is InChI=1S/C13H19ClN2OS/c1-10-16-11(7-18-10)12(17)15-9-13(8-14)5-3-2-4-6-13/h7H,2-6,8-9H2,1H3,(H,15,17). The third kappa shape index (κ3) is 3.23. The van der Waals surface area contributed by atoms with Gasteiger partial charge in [-0.25, -0.2) is 4.98 Å². The summed E-state index contributed by atoms with van der Waals surface area (Å²) < 4.78 is 0. The van der Waals surface area contributed by atoms with E-state index in [1.165, 1.54) is 30.6 Å². The fourth-order valence-corrected chi connectivity index (χ4v) is 3.44. The van der Waals surface area contributed by atoms with Gasteiger partial charge in [0.1, 0.15) is 5.69 Å². The first-order chi connectivity index (χ1) is 8.65. The molecule has 0 bridgehead atoms. The van der Waals surface area contributed by atoms with Crippen molar-refractivity contribution >= 4 is 28.8 Å². The zero-order chi connectivity index (χ0) is 13.0. The minimum atomic E-state index is -0.0746. The van der Waals surface area contributed by atoms with Crippen LogP contribution >= 0.6 is 22.9 Å². The van der Waals surface area contributed by atoms with Crippen molar-refractivity contribution in [2.45, 2.75) is 39.0 Å². The largest absolute Gasteiger partial charge is 0.350 e. The molecule has 3 nitrogen and oxygen atoms in total. The van der Waals surface area contributed by atoms with Gasteiger partial charge in [-0.2, -0.15) is 0 Å². The molecule has 1 fully saturated rings. The normalized spacial score (nSPS) is 18.6. The van der Waals surface area contributed by atoms with Crippen LogP contribution in [0, 0.1) is 12.3 Å². The smallest absolute Gasteiger partial charge is 0.270 e. The molecule has 1 N–H and O–H groups in total. The van der Waals surface area contributed by atoms with Crippen LogP contribution in [0.1, 0.15) is 47.6 Å². The van der Waals surface area contributed by atoms with Crippen LogP contribution in [0.2, 0.25) is 0 Å². The molecule has 1 aromatic heterocycles. The number of hydrogen-bond acceptors (Lipinski definition) is 3. The average Bonchev–Trinajstić information content (AvgIpc) is 2.84. The fourth-order valence-electron chi connectivity index (χ4n) is 2.49. The molecule has 1 aliphatic rings. The summed E-state index contributed by atoms with van der Waals surface area (Å²) in [6.45, 7) is 2.58. The van der Waals surface area contributed by atoms with Crippen molar-refractivity contribution in [1.82, 2.24) is 10.3 Å². The zero-order valence-corrected chi connectivity index (χ0v) is 12.2. The maximum absolute atomic E-state index is 11.9. The number of thiazole rings is 1. The van der Waals surface area contributed by atoms with Crippen molar-refractivity contribution in [3.05, 3.63) is 16.1 Å². The van der Waals surface area contributed by atoms with Gasteiger partial charge in [0.25, 0.3) is 5.91 Å². The Morgan fingerprint density at radius 1 is 1.50 bits per heavy atom. The average molecular weight is 287 g/mol. The van der Waals surface area contributed by atoms with Crippen LogP contribution < -0.4 is 5.32 Å². The Morgan fingerprint density at radius 3 is 2.78 bits per heavy atom. The van der Waals surface area contributed by atoms with Crippen LogP contribution in [0.25, 0.3) is 0 Å². The van der Waals surface area contributed by atoms with E-state index in [1.54, 1.807) is 5.38 Å². The maximum atomic E-state index is 11.9. The molecule has 1 heterocycles. The molecule has 2 rings (SSSR count). The topological polar surface area (TPSA) is 42.0 Å². The van der Waals surface area contributed by atoms with E-state index in [2.05, 4.69) is 10.3 Å². The van der Waals surface area contributed by atoms with Crippen molar-refractivity contribution in [3.63, 3.8) is 0 Å². The van der Waals surface area contributed by atoms with E-state index < -0.39 is 0 Å². The molecule has 1 saturated carbocycles. The lowest BCUT2D eigenvalue weighted by molar-refractivity contribution is 0.0916. The second kappa shape index (κ2) is 6.02. The van der Waals surface area contributed by atoms with Crippen LogP contribution in [0.15, 0.2) is 5.38 Å². The number of aromatic nitrogens is 1. The number of carbonyl (C=O) groups is 1. The highest BCUT2D eigenvalue weighted by Gasteiger charge is 2.31. The van der Waals surface area contributed by atoms with Crippen LogP contribution in [0.5, 0.6) is 0 Å². The molecule has 1 aromatic rings. The molecule has 18 heavy (non-hydrogen) atoms. The number of rotatable bonds is 4. The minimum absolute atomic E-state index is 0.0746. The Kier molecular flexibility index (Phi) is 4.62. The summed E-state index contributed by atoms with van der Waals surface area (Å²) in [5, 5.41) is 5.72. The molecular weight excluding hydrogens is 268 g/mol. The molecule has 0 atom stereocenters. The Bertz CT molecular complexity index is 413. The molecular formula is C13H19ClN2OS. The van der Waals surface area contributed by atoms with Crippen molar-refractivity contribution in [1.29, 1.82) is 0 Å².